The lowest BCUT2D eigenvalue weighted by Gasteiger charge is -2.19. The van der Waals surface area contributed by atoms with Gasteiger partial charge < -0.3 is 47.9 Å². The molecule has 0 bridgehead atoms. The molecule has 22 heavy (non-hydrogen) atoms. The van der Waals surface area contributed by atoms with Gasteiger partial charge in [-0.25, -0.2) is 0 Å². The number of amidine groups is 1. The van der Waals surface area contributed by atoms with Crippen LogP contribution in [0.1, 0.15) is 0 Å². The van der Waals surface area contributed by atoms with Gasteiger partial charge in [-0.3, -0.25) is 10.2 Å². The molecule has 1 fully saturated rings. The van der Waals surface area contributed by atoms with E-state index in [0.717, 1.165) is 0 Å². The molecule has 0 aromatic carbocycles. The summed E-state index contributed by atoms with van der Waals surface area (Å²) in [7, 11) is 0. The summed E-state index contributed by atoms with van der Waals surface area (Å²) in [5, 5.41) is 39.7. The van der Waals surface area contributed by atoms with Crippen LogP contribution in [0, 0.1) is 5.41 Å². The van der Waals surface area contributed by atoms with E-state index in [-0.39, 0.29) is 5.11 Å². The lowest BCUT2D eigenvalue weighted by Crippen LogP contribution is -2.48. The number of ether oxygens (including phenoxy) is 1. The van der Waals surface area contributed by atoms with Crippen LogP contribution in [0.5, 0.6) is 0 Å². The Kier molecular flexibility index (Phi) is 6.01. The van der Waals surface area contributed by atoms with Gasteiger partial charge in [0.15, 0.2) is 11.3 Å². The van der Waals surface area contributed by atoms with Crippen molar-refractivity contribution in [3.8, 4) is 0 Å². The number of amides is 1. The van der Waals surface area contributed by atoms with Crippen LogP contribution in [-0.2, 0) is 9.53 Å². The van der Waals surface area contributed by atoms with Gasteiger partial charge in [0.25, 0.3) is 5.91 Å². The summed E-state index contributed by atoms with van der Waals surface area (Å²) in [6, 6.07) is 0. The van der Waals surface area contributed by atoms with Crippen LogP contribution >= 0.6 is 12.2 Å². The van der Waals surface area contributed by atoms with Gasteiger partial charge in [-0.2, -0.15) is 0 Å². The van der Waals surface area contributed by atoms with Gasteiger partial charge in [-0.15, -0.1) is 0 Å². The van der Waals surface area contributed by atoms with Crippen molar-refractivity contribution in [3.05, 3.63) is 11.4 Å². The zero-order valence-corrected chi connectivity index (χ0v) is 12.1. The van der Waals surface area contributed by atoms with Crippen LogP contribution in [-0.4, -0.2) is 63.3 Å². The number of carbonyl (C=O) groups is 1. The van der Waals surface area contributed by atoms with Gasteiger partial charge in [-0.05, 0) is 12.2 Å². The Labute approximate surface area is 130 Å². The van der Waals surface area contributed by atoms with Crippen molar-refractivity contribution in [2.24, 2.45) is 17.2 Å². The van der Waals surface area contributed by atoms with Crippen molar-refractivity contribution in [2.45, 2.75) is 24.5 Å². The molecule has 1 saturated heterocycles. The summed E-state index contributed by atoms with van der Waals surface area (Å²) in [5.74, 6) is -1.52. The minimum absolute atomic E-state index is 0.296. The van der Waals surface area contributed by atoms with Crippen LogP contribution in [0.4, 0.5) is 0 Å². The fraction of sp³-hybridized carbons (Fsp3) is 0.500. The van der Waals surface area contributed by atoms with E-state index < -0.39 is 54.3 Å². The Morgan fingerprint density at radius 2 is 1.86 bits per heavy atom. The number of thiocarbonyl (C=S) groups is 1. The predicted octanol–water partition coefficient (Wildman–Crippen LogP) is -4.52. The zero-order valence-electron chi connectivity index (χ0n) is 11.3. The first-order valence-electron chi connectivity index (χ1n) is 6.03. The van der Waals surface area contributed by atoms with Gasteiger partial charge in [0, 0.05) is 0 Å². The monoisotopic (exact) mass is 334 g/mol. The van der Waals surface area contributed by atoms with Crippen molar-refractivity contribution in [3.63, 3.8) is 0 Å². The minimum atomic E-state index is -1.47. The first kappa shape index (κ1) is 18.1. The highest BCUT2D eigenvalue weighted by Gasteiger charge is 2.43. The quantitative estimate of drug-likeness (QED) is 0.102. The molecule has 4 unspecified atom stereocenters. The maximum atomic E-state index is 12.1. The Morgan fingerprint density at radius 1 is 1.27 bits per heavy atom. The molecule has 12 N–H and O–H groups in total. The van der Waals surface area contributed by atoms with E-state index >= 15 is 0 Å². The molecule has 0 radical (unpaired) electrons. The number of hydrogen-bond acceptors (Lipinski definition) is 8. The number of aliphatic hydroxyl groups is 3. The molecule has 0 aromatic heterocycles. The Balaban J connectivity index is 2.91. The smallest absolute Gasteiger partial charge is 0.272 e. The van der Waals surface area contributed by atoms with Crippen LogP contribution in [0.2, 0.25) is 0 Å². The van der Waals surface area contributed by atoms with Crippen molar-refractivity contribution in [1.82, 2.24) is 10.6 Å². The fourth-order valence-electron chi connectivity index (χ4n) is 1.72. The molecule has 124 valence electrons. The first-order chi connectivity index (χ1) is 10.2. The third-order valence-electron chi connectivity index (χ3n) is 2.85. The summed E-state index contributed by atoms with van der Waals surface area (Å²) in [6.45, 7) is -0.548. The van der Waals surface area contributed by atoms with Gasteiger partial charge in [0.1, 0.15) is 35.5 Å². The van der Waals surface area contributed by atoms with Crippen molar-refractivity contribution >= 4 is 29.1 Å². The summed E-state index contributed by atoms with van der Waals surface area (Å²) in [5.41, 5.74) is 15.1. The van der Waals surface area contributed by atoms with E-state index in [1.807, 2.05) is 0 Å². The Morgan fingerprint density at radius 3 is 2.27 bits per heavy atom. The molecule has 0 aromatic rings. The molecule has 1 rings (SSSR count). The van der Waals surface area contributed by atoms with Crippen LogP contribution in [0.15, 0.2) is 11.4 Å². The second kappa shape index (κ2) is 7.33. The highest BCUT2D eigenvalue weighted by molar-refractivity contribution is 7.80. The maximum Gasteiger partial charge on any atom is 0.272 e. The van der Waals surface area contributed by atoms with E-state index in [9.17, 15) is 15.0 Å². The van der Waals surface area contributed by atoms with Crippen molar-refractivity contribution < 1.29 is 24.9 Å². The zero-order chi connectivity index (χ0) is 17.0. The number of nitrogens with one attached hydrogen (secondary N) is 3. The average Bonchev–Trinajstić information content (AvgIpc) is 2.71. The van der Waals surface area contributed by atoms with Crippen LogP contribution in [0.3, 0.4) is 0 Å². The topological polar surface area (TPSA) is 213 Å². The molecule has 1 aliphatic heterocycles. The Hall–Kier alpha value is -1.99. The van der Waals surface area contributed by atoms with Crippen LogP contribution in [0.25, 0.3) is 0 Å². The molecule has 0 spiro atoms. The molecule has 11 nitrogen and oxygen atoms in total. The summed E-state index contributed by atoms with van der Waals surface area (Å²) in [4.78, 5) is 12.1. The van der Waals surface area contributed by atoms with Crippen molar-refractivity contribution in [1.29, 1.82) is 5.41 Å². The normalized spacial score (nSPS) is 28.7. The van der Waals surface area contributed by atoms with Gasteiger partial charge in [0.05, 0.1) is 6.61 Å². The number of aliphatic hydroxyl groups excluding tert-OH is 3. The lowest BCUT2D eigenvalue weighted by molar-refractivity contribution is -0.124. The lowest BCUT2D eigenvalue weighted by atomic mass is 10.1. The van der Waals surface area contributed by atoms with Gasteiger partial charge in [0.2, 0.25) is 0 Å². The number of hydrogen-bond donors (Lipinski definition) is 9. The van der Waals surface area contributed by atoms with Crippen molar-refractivity contribution in [2.75, 3.05) is 6.61 Å². The number of rotatable bonds is 5. The summed E-state index contributed by atoms with van der Waals surface area (Å²) < 4.78 is 5.08. The standard InChI is InChI=1S/C10H18N6O5S/c11-3(7(12)13)4(15-10(14)22)8(20)16-9-6(19)5(18)2(1-17)21-9/h2,5-6,9,17-19H,1,11H2,(H3,12,13)(H,16,20)(H3,14,15,22)/b4-3+. The average molecular weight is 334 g/mol. The second-order valence-corrected chi connectivity index (χ2v) is 4.86. The predicted molar refractivity (Wildman–Crippen MR) is 79.0 cm³/mol. The largest absolute Gasteiger partial charge is 0.394 e. The highest BCUT2D eigenvalue weighted by Crippen LogP contribution is 2.19. The van der Waals surface area contributed by atoms with Gasteiger partial charge >= 0.3 is 0 Å². The highest BCUT2D eigenvalue weighted by atomic mass is 32.1. The molecule has 1 aliphatic rings. The van der Waals surface area contributed by atoms with E-state index in [0.29, 0.717) is 0 Å². The molecular formula is C10H18N6O5S. The molecular weight excluding hydrogens is 316 g/mol. The molecule has 1 heterocycles. The van der Waals surface area contributed by atoms with Gasteiger partial charge in [-0.1, -0.05) is 0 Å². The van der Waals surface area contributed by atoms with E-state index in [2.05, 4.69) is 22.9 Å². The van der Waals surface area contributed by atoms with E-state index in [1.54, 1.807) is 0 Å². The number of nitrogens with two attached hydrogens (primary N) is 3. The SMILES string of the molecule is N=C(N)/C(N)=C(\NC(N)=S)C(=O)NC1OC(CO)C(O)C1O. The molecule has 12 heteroatoms. The summed E-state index contributed by atoms with van der Waals surface area (Å²) >= 11 is 4.59. The third-order valence-corrected chi connectivity index (χ3v) is 2.95. The minimum Gasteiger partial charge on any atom is -0.394 e. The van der Waals surface area contributed by atoms with Crippen LogP contribution < -0.4 is 27.8 Å². The molecule has 1 amide bonds. The maximum absolute atomic E-state index is 12.1. The first-order valence-corrected chi connectivity index (χ1v) is 6.43. The molecule has 0 aliphatic carbocycles. The summed E-state index contributed by atoms with van der Waals surface area (Å²) in [6.07, 6.45) is -5.20. The Bertz CT molecular complexity index is 512. The van der Waals surface area contributed by atoms with E-state index in [1.165, 1.54) is 0 Å². The molecule has 0 saturated carbocycles. The third kappa shape index (κ3) is 4.02. The molecule has 4 atom stereocenters. The second-order valence-electron chi connectivity index (χ2n) is 4.42. The number of carbonyl (C=O) groups excluding carboxylic acids is 1. The fourth-order valence-corrected chi connectivity index (χ4v) is 1.83. The van der Waals surface area contributed by atoms with E-state index in [4.69, 9.17) is 32.5 Å².